The van der Waals surface area contributed by atoms with Gasteiger partial charge in [0.15, 0.2) is 5.69 Å². The Hall–Kier alpha value is -2.62. The topological polar surface area (TPSA) is 125 Å². The Kier molecular flexibility index (Phi) is 8.80. The first-order valence-electron chi connectivity index (χ1n) is 12.5. The third-order valence-electron chi connectivity index (χ3n) is 7.33. The minimum atomic E-state index is -4.43. The Morgan fingerprint density at radius 1 is 1.31 bits per heavy atom. The van der Waals surface area contributed by atoms with Gasteiger partial charge in [0.05, 0.1) is 38.6 Å². The maximum absolute atomic E-state index is 13.4. The molecule has 1 aromatic heterocycles. The third-order valence-corrected chi connectivity index (χ3v) is 9.37. The van der Waals surface area contributed by atoms with Crippen LogP contribution in [0.5, 0.6) is 0 Å². The summed E-state index contributed by atoms with van der Waals surface area (Å²) >= 11 is 6.57. The average Bonchev–Trinajstić information content (AvgIpc) is 3.17. The molecule has 1 fully saturated rings. The third kappa shape index (κ3) is 6.76. The van der Waals surface area contributed by atoms with E-state index >= 15 is 0 Å². The number of carbonyl (C=O) groups is 1. The molecule has 0 atom stereocenters. The number of carbonyl (C=O) groups excluding carboxylic acids is 1. The summed E-state index contributed by atoms with van der Waals surface area (Å²) in [6.45, 7) is 4.10. The van der Waals surface area contributed by atoms with Gasteiger partial charge in [0, 0.05) is 24.9 Å². The van der Waals surface area contributed by atoms with Crippen molar-refractivity contribution in [3.05, 3.63) is 40.0 Å². The molecule has 0 radical (unpaired) electrons. The normalized spacial score (nSPS) is 20.5. The molecule has 8 nitrogen and oxygen atoms in total. The van der Waals surface area contributed by atoms with E-state index < -0.39 is 38.2 Å². The van der Waals surface area contributed by atoms with Gasteiger partial charge in [-0.3, -0.25) is 9.48 Å². The Morgan fingerprint density at radius 3 is 2.44 bits per heavy atom. The lowest BCUT2D eigenvalue weighted by Gasteiger charge is -2.35. The van der Waals surface area contributed by atoms with Gasteiger partial charge in [0.25, 0.3) is 5.91 Å². The van der Waals surface area contributed by atoms with Crippen LogP contribution in [-0.2, 0) is 22.8 Å². The highest BCUT2D eigenvalue weighted by Crippen LogP contribution is 2.41. The number of hydrogen-bond donors (Lipinski definition) is 2. The number of halogens is 4. The molecule has 2 N–H and O–H groups in total. The van der Waals surface area contributed by atoms with Crippen LogP contribution in [0.4, 0.5) is 13.2 Å². The van der Waals surface area contributed by atoms with Gasteiger partial charge in [0.1, 0.15) is 9.84 Å². The second-order valence-electron chi connectivity index (χ2n) is 10.8. The first-order valence-corrected chi connectivity index (χ1v) is 14.8. The second-order valence-corrected chi connectivity index (χ2v) is 13.5. The van der Waals surface area contributed by atoms with Crippen LogP contribution in [0.25, 0.3) is 11.3 Å². The van der Waals surface area contributed by atoms with Crippen molar-refractivity contribution in [1.82, 2.24) is 15.1 Å². The molecule has 1 heterocycles. The van der Waals surface area contributed by atoms with Crippen LogP contribution >= 0.6 is 11.6 Å². The molecule has 39 heavy (non-hydrogen) atoms. The summed E-state index contributed by atoms with van der Waals surface area (Å²) in [5, 5.41) is 27.0. The Balaban J connectivity index is 1.84. The van der Waals surface area contributed by atoms with Crippen molar-refractivity contribution in [3.63, 3.8) is 0 Å². The van der Waals surface area contributed by atoms with E-state index in [2.05, 4.69) is 10.4 Å². The molecular weight excluding hydrogens is 557 g/mol. The molecule has 0 unspecified atom stereocenters. The van der Waals surface area contributed by atoms with Gasteiger partial charge >= 0.3 is 6.18 Å². The number of nitrogens with zero attached hydrogens (tertiary/aromatic N) is 3. The highest BCUT2D eigenvalue weighted by Gasteiger charge is 2.47. The van der Waals surface area contributed by atoms with Crippen molar-refractivity contribution in [2.45, 2.75) is 76.4 Å². The summed E-state index contributed by atoms with van der Waals surface area (Å²) < 4.78 is 65.1. The lowest BCUT2D eigenvalue weighted by atomic mass is 9.84. The standard InChI is InChI=1S/C26H32ClF3N4O4S/c1-5-34-22(19-7-6-16(12-17(19)14-31)13-24(2,3)26(28,29)30)20(27)21(33-34)23(35)32-15-25(36)10-8-18(9-11-25)39(4,37)38/h6-7,12,18,36H,5,8-11,13,15H2,1-4H3,(H,32,35)/t18-,25+. The van der Waals surface area contributed by atoms with Crippen LogP contribution in [-0.4, -0.2) is 59.0 Å². The van der Waals surface area contributed by atoms with Crippen molar-refractivity contribution in [2.24, 2.45) is 5.41 Å². The fraction of sp³-hybridized carbons (Fsp3) is 0.577. The van der Waals surface area contributed by atoms with Gasteiger partial charge < -0.3 is 10.4 Å². The summed E-state index contributed by atoms with van der Waals surface area (Å²) in [5.74, 6) is -0.658. The molecular formula is C26H32ClF3N4O4S. The van der Waals surface area contributed by atoms with Gasteiger partial charge in [-0.15, -0.1) is 0 Å². The van der Waals surface area contributed by atoms with Crippen LogP contribution in [0.1, 0.15) is 68.1 Å². The number of aromatic nitrogens is 2. The highest BCUT2D eigenvalue weighted by molar-refractivity contribution is 7.91. The fourth-order valence-corrected chi connectivity index (χ4v) is 6.16. The monoisotopic (exact) mass is 588 g/mol. The first kappa shape index (κ1) is 30.9. The van der Waals surface area contributed by atoms with Crippen LogP contribution < -0.4 is 5.32 Å². The van der Waals surface area contributed by atoms with E-state index in [1.165, 1.54) is 29.1 Å². The van der Waals surface area contributed by atoms with Crippen LogP contribution in [0.15, 0.2) is 18.2 Å². The van der Waals surface area contributed by atoms with E-state index in [4.69, 9.17) is 11.6 Å². The number of aryl methyl sites for hydroxylation is 1. The number of rotatable bonds is 8. The van der Waals surface area contributed by atoms with Gasteiger partial charge in [0.2, 0.25) is 0 Å². The summed E-state index contributed by atoms with van der Waals surface area (Å²) in [6, 6.07) is 6.38. The maximum atomic E-state index is 13.4. The molecule has 1 aliphatic rings. The van der Waals surface area contributed by atoms with Crippen molar-refractivity contribution in [3.8, 4) is 17.3 Å². The molecule has 1 aromatic carbocycles. The van der Waals surface area contributed by atoms with Crippen molar-refractivity contribution in [2.75, 3.05) is 12.8 Å². The molecule has 0 saturated heterocycles. The number of sulfone groups is 1. The lowest BCUT2D eigenvalue weighted by molar-refractivity contribution is -0.211. The molecule has 1 saturated carbocycles. The Labute approximate surface area is 231 Å². The molecule has 3 rings (SSSR count). The summed E-state index contributed by atoms with van der Waals surface area (Å²) in [6.07, 6.45) is -2.60. The van der Waals surface area contributed by atoms with Crippen molar-refractivity contribution in [1.29, 1.82) is 5.26 Å². The number of benzene rings is 1. The molecule has 13 heteroatoms. The molecule has 0 bridgehead atoms. The van der Waals surface area contributed by atoms with Gasteiger partial charge in [-0.2, -0.15) is 23.5 Å². The summed E-state index contributed by atoms with van der Waals surface area (Å²) in [7, 11) is -3.21. The van der Waals surface area contributed by atoms with E-state index in [1.807, 2.05) is 6.07 Å². The number of nitriles is 1. The quantitative estimate of drug-likeness (QED) is 0.461. The highest BCUT2D eigenvalue weighted by atomic mass is 35.5. The Bertz CT molecular complexity index is 1390. The van der Waals surface area contributed by atoms with Crippen LogP contribution in [0.2, 0.25) is 5.02 Å². The summed E-state index contributed by atoms with van der Waals surface area (Å²) in [4.78, 5) is 13.0. The smallest absolute Gasteiger partial charge is 0.388 e. The maximum Gasteiger partial charge on any atom is 0.394 e. The number of hydrogen-bond acceptors (Lipinski definition) is 6. The average molecular weight is 589 g/mol. The molecule has 214 valence electrons. The Morgan fingerprint density at radius 2 is 1.92 bits per heavy atom. The number of aliphatic hydroxyl groups is 1. The predicted molar refractivity (Wildman–Crippen MR) is 141 cm³/mol. The molecule has 0 aliphatic heterocycles. The van der Waals surface area contributed by atoms with E-state index in [0.29, 0.717) is 11.1 Å². The van der Waals surface area contributed by atoms with Gasteiger partial charge in [-0.25, -0.2) is 8.42 Å². The van der Waals surface area contributed by atoms with Crippen LogP contribution in [0, 0.1) is 16.7 Å². The number of amides is 1. The molecule has 2 aromatic rings. The molecule has 1 amide bonds. The summed E-state index contributed by atoms with van der Waals surface area (Å²) in [5.41, 5.74) is -2.39. The largest absolute Gasteiger partial charge is 0.394 e. The number of alkyl halides is 3. The minimum Gasteiger partial charge on any atom is -0.388 e. The SMILES string of the molecule is CCn1nc(C(=O)NC[C@]2(O)CC[C@@H](S(C)(=O)=O)CC2)c(Cl)c1-c1ccc(CC(C)(C)C(F)(F)F)cc1C#N. The number of nitrogens with one attached hydrogen (secondary N) is 1. The minimum absolute atomic E-state index is 0.0398. The van der Waals surface area contributed by atoms with E-state index in [9.17, 15) is 36.8 Å². The zero-order valence-corrected chi connectivity index (χ0v) is 23.8. The van der Waals surface area contributed by atoms with E-state index in [1.54, 1.807) is 6.92 Å². The molecule has 0 spiro atoms. The lowest BCUT2D eigenvalue weighted by Crippen LogP contribution is -2.47. The van der Waals surface area contributed by atoms with Crippen molar-refractivity contribution < 1.29 is 31.5 Å². The fourth-order valence-electron chi connectivity index (χ4n) is 4.74. The van der Waals surface area contributed by atoms with Crippen molar-refractivity contribution >= 4 is 27.3 Å². The first-order chi connectivity index (χ1) is 17.9. The zero-order chi connectivity index (χ0) is 29.4. The van der Waals surface area contributed by atoms with E-state index in [0.717, 1.165) is 13.8 Å². The second kappa shape index (κ2) is 11.1. The van der Waals surface area contributed by atoms with Gasteiger partial charge in [-0.1, -0.05) is 37.6 Å². The van der Waals surface area contributed by atoms with Crippen LogP contribution in [0.3, 0.4) is 0 Å². The molecule has 1 aliphatic carbocycles. The van der Waals surface area contributed by atoms with Gasteiger partial charge in [-0.05, 0) is 50.7 Å². The zero-order valence-electron chi connectivity index (χ0n) is 22.2. The predicted octanol–water partition coefficient (Wildman–Crippen LogP) is 4.67. The van der Waals surface area contributed by atoms with E-state index in [-0.39, 0.29) is 67.2 Å².